The molecule has 0 radical (unpaired) electrons. The number of carbonyl (C=O) groups is 1. The lowest BCUT2D eigenvalue weighted by molar-refractivity contribution is -0.117. The monoisotopic (exact) mass is 333 g/mol. The summed E-state index contributed by atoms with van der Waals surface area (Å²) >= 11 is 5.97. The largest absolute Gasteiger partial charge is 0.325 e. The van der Waals surface area contributed by atoms with Gasteiger partial charge < -0.3 is 11.1 Å². The summed E-state index contributed by atoms with van der Waals surface area (Å²) in [6, 6.07) is 3.90. The van der Waals surface area contributed by atoms with Crippen molar-refractivity contribution in [2.75, 3.05) is 16.3 Å². The molecule has 1 aromatic rings. The maximum absolute atomic E-state index is 11.9. The Labute approximate surface area is 130 Å². The van der Waals surface area contributed by atoms with Crippen LogP contribution in [0.4, 0.5) is 11.4 Å². The quantitative estimate of drug-likeness (QED) is 0.741. The summed E-state index contributed by atoms with van der Waals surface area (Å²) in [5, 5.41) is 2.84. The van der Waals surface area contributed by atoms with Crippen molar-refractivity contribution in [1.29, 1.82) is 0 Å². The van der Waals surface area contributed by atoms with Crippen molar-refractivity contribution < 1.29 is 13.2 Å². The Morgan fingerprint density at radius 1 is 1.38 bits per heavy atom. The smallest absolute Gasteiger partial charge is 0.241 e. The third-order valence-electron chi connectivity index (χ3n) is 2.59. The highest BCUT2D eigenvalue weighted by atomic mass is 35.5. The Balaban J connectivity index is 2.78. The third kappa shape index (κ3) is 6.33. The van der Waals surface area contributed by atoms with Crippen LogP contribution in [0.5, 0.6) is 0 Å². The summed E-state index contributed by atoms with van der Waals surface area (Å²) in [4.78, 5) is 11.9. The van der Waals surface area contributed by atoms with E-state index >= 15 is 0 Å². The molecule has 0 aliphatic carbocycles. The topological polar surface area (TPSA) is 101 Å². The lowest BCUT2D eigenvalue weighted by Crippen LogP contribution is -2.36. The zero-order chi connectivity index (χ0) is 16.2. The van der Waals surface area contributed by atoms with Gasteiger partial charge in [-0.05, 0) is 30.5 Å². The highest BCUT2D eigenvalue weighted by Gasteiger charge is 2.15. The first-order valence-corrected chi connectivity index (χ1v) is 8.69. The van der Waals surface area contributed by atoms with Crippen molar-refractivity contribution in [3.05, 3.63) is 23.2 Å². The van der Waals surface area contributed by atoms with E-state index in [0.29, 0.717) is 18.0 Å². The van der Waals surface area contributed by atoms with E-state index in [1.165, 1.54) is 12.1 Å². The molecule has 6 nitrogen and oxygen atoms in total. The van der Waals surface area contributed by atoms with Gasteiger partial charge in [0.2, 0.25) is 15.9 Å². The van der Waals surface area contributed by atoms with Gasteiger partial charge in [0, 0.05) is 5.69 Å². The van der Waals surface area contributed by atoms with Crippen molar-refractivity contribution in [3.63, 3.8) is 0 Å². The minimum absolute atomic E-state index is 0.190. The molecular formula is C13H20ClN3O3S. The molecule has 0 saturated carbocycles. The minimum Gasteiger partial charge on any atom is -0.325 e. The van der Waals surface area contributed by atoms with E-state index in [-0.39, 0.29) is 16.6 Å². The fourth-order valence-electron chi connectivity index (χ4n) is 1.73. The average Bonchev–Trinajstić information content (AvgIpc) is 2.30. The van der Waals surface area contributed by atoms with Crippen LogP contribution in [0.2, 0.25) is 5.02 Å². The summed E-state index contributed by atoms with van der Waals surface area (Å²) in [6.07, 6.45) is 1.61. The zero-order valence-corrected chi connectivity index (χ0v) is 13.8. The zero-order valence-electron chi connectivity index (χ0n) is 12.2. The Hall–Kier alpha value is -1.31. The molecule has 1 atom stereocenters. The van der Waals surface area contributed by atoms with Crippen LogP contribution in [0.3, 0.4) is 0 Å². The Kier molecular flexibility index (Phi) is 6.00. The van der Waals surface area contributed by atoms with Gasteiger partial charge in [-0.25, -0.2) is 8.42 Å². The number of amides is 1. The highest BCUT2D eigenvalue weighted by Crippen LogP contribution is 2.26. The minimum atomic E-state index is -3.40. The van der Waals surface area contributed by atoms with Crippen LogP contribution < -0.4 is 15.8 Å². The molecule has 0 fully saturated rings. The van der Waals surface area contributed by atoms with Gasteiger partial charge in [0.05, 0.1) is 23.0 Å². The number of hydrogen-bond acceptors (Lipinski definition) is 4. The second kappa shape index (κ2) is 7.11. The van der Waals surface area contributed by atoms with E-state index in [9.17, 15) is 13.2 Å². The van der Waals surface area contributed by atoms with Gasteiger partial charge in [-0.15, -0.1) is 0 Å². The second-order valence-electron chi connectivity index (χ2n) is 5.29. The molecule has 1 aromatic carbocycles. The molecule has 0 heterocycles. The normalized spacial score (nSPS) is 13.0. The second-order valence-corrected chi connectivity index (χ2v) is 7.45. The van der Waals surface area contributed by atoms with E-state index in [1.807, 2.05) is 13.8 Å². The molecule has 4 N–H and O–H groups in total. The summed E-state index contributed by atoms with van der Waals surface area (Å²) in [6.45, 7) is 3.96. The Bertz CT molecular complexity index is 617. The molecule has 0 aliphatic heterocycles. The van der Waals surface area contributed by atoms with Crippen molar-refractivity contribution in [1.82, 2.24) is 0 Å². The van der Waals surface area contributed by atoms with Gasteiger partial charge in [0.1, 0.15) is 0 Å². The molecular weight excluding hydrogens is 314 g/mol. The number of anilines is 2. The van der Waals surface area contributed by atoms with Crippen LogP contribution in [0.25, 0.3) is 0 Å². The SMILES string of the molecule is CC(C)CC(N)C(=O)Nc1ccc(NS(C)(=O)=O)c(Cl)c1. The average molecular weight is 334 g/mol. The molecule has 0 saturated heterocycles. The predicted molar refractivity (Wildman–Crippen MR) is 86.0 cm³/mol. The molecule has 1 amide bonds. The number of nitrogens with two attached hydrogens (primary N) is 1. The van der Waals surface area contributed by atoms with Crippen LogP contribution in [0.1, 0.15) is 20.3 Å². The lowest BCUT2D eigenvalue weighted by Gasteiger charge is -2.15. The lowest BCUT2D eigenvalue weighted by atomic mass is 10.0. The molecule has 0 bridgehead atoms. The summed E-state index contributed by atoms with van der Waals surface area (Å²) < 4.78 is 24.6. The van der Waals surface area contributed by atoms with Gasteiger partial charge in [0.15, 0.2) is 0 Å². The van der Waals surface area contributed by atoms with Crippen LogP contribution >= 0.6 is 11.6 Å². The predicted octanol–water partition coefficient (Wildman–Crippen LogP) is 2.02. The van der Waals surface area contributed by atoms with Crippen molar-refractivity contribution in [2.45, 2.75) is 26.3 Å². The summed E-state index contributed by atoms with van der Waals surface area (Å²) in [5.41, 5.74) is 6.50. The van der Waals surface area contributed by atoms with Gasteiger partial charge in [-0.3, -0.25) is 9.52 Å². The number of carbonyl (C=O) groups excluding carboxylic acids is 1. The molecule has 0 aromatic heterocycles. The third-order valence-corrected chi connectivity index (χ3v) is 3.50. The van der Waals surface area contributed by atoms with Crippen LogP contribution in [-0.2, 0) is 14.8 Å². The molecule has 21 heavy (non-hydrogen) atoms. The van der Waals surface area contributed by atoms with Crippen LogP contribution in [0, 0.1) is 5.92 Å². The first kappa shape index (κ1) is 17.7. The number of sulfonamides is 1. The van der Waals surface area contributed by atoms with Gasteiger partial charge in [-0.2, -0.15) is 0 Å². The maximum atomic E-state index is 11.9. The molecule has 0 spiro atoms. The van der Waals surface area contributed by atoms with Crippen molar-refractivity contribution in [3.8, 4) is 0 Å². The molecule has 8 heteroatoms. The summed E-state index contributed by atoms with van der Waals surface area (Å²) in [5.74, 6) is 0.0132. The number of rotatable bonds is 6. The number of hydrogen-bond donors (Lipinski definition) is 3. The molecule has 1 rings (SSSR count). The van der Waals surface area contributed by atoms with E-state index in [4.69, 9.17) is 17.3 Å². The molecule has 118 valence electrons. The Morgan fingerprint density at radius 3 is 2.48 bits per heavy atom. The highest BCUT2D eigenvalue weighted by molar-refractivity contribution is 7.92. The van der Waals surface area contributed by atoms with E-state index in [0.717, 1.165) is 6.26 Å². The fourth-order valence-corrected chi connectivity index (χ4v) is 2.59. The van der Waals surface area contributed by atoms with Crippen molar-refractivity contribution in [2.24, 2.45) is 11.7 Å². The number of halogens is 1. The molecule has 0 aliphatic rings. The van der Waals surface area contributed by atoms with Crippen LogP contribution in [0.15, 0.2) is 18.2 Å². The van der Waals surface area contributed by atoms with E-state index < -0.39 is 16.1 Å². The maximum Gasteiger partial charge on any atom is 0.241 e. The van der Waals surface area contributed by atoms with E-state index in [1.54, 1.807) is 6.07 Å². The van der Waals surface area contributed by atoms with E-state index in [2.05, 4.69) is 10.0 Å². The molecule has 1 unspecified atom stereocenters. The van der Waals surface area contributed by atoms with Crippen LogP contribution in [-0.4, -0.2) is 26.6 Å². The fraction of sp³-hybridized carbons (Fsp3) is 0.462. The standard InChI is InChI=1S/C13H20ClN3O3S/c1-8(2)6-11(15)13(18)16-9-4-5-12(10(14)7-9)17-21(3,19)20/h4-5,7-8,11,17H,6,15H2,1-3H3,(H,16,18). The number of nitrogens with one attached hydrogen (secondary N) is 2. The van der Waals surface area contributed by atoms with Crippen molar-refractivity contribution >= 4 is 38.9 Å². The summed E-state index contributed by atoms with van der Waals surface area (Å²) in [7, 11) is -3.40. The Morgan fingerprint density at radius 2 is 2.00 bits per heavy atom. The van der Waals surface area contributed by atoms with Gasteiger partial charge >= 0.3 is 0 Å². The first-order chi connectivity index (χ1) is 9.58. The first-order valence-electron chi connectivity index (χ1n) is 6.42. The number of benzene rings is 1. The van der Waals surface area contributed by atoms with Gasteiger partial charge in [-0.1, -0.05) is 25.4 Å². The van der Waals surface area contributed by atoms with Gasteiger partial charge in [0.25, 0.3) is 0 Å².